The summed E-state index contributed by atoms with van der Waals surface area (Å²) in [4.78, 5) is 7.42. The Balaban J connectivity index is 2.14. The number of rotatable bonds is 1. The average Bonchev–Trinajstić information content (AvgIpc) is 2.77. The minimum absolute atomic E-state index is 0.224. The number of hydrogen-bond acceptors (Lipinski definition) is 1. The van der Waals surface area contributed by atoms with Crippen molar-refractivity contribution in [1.82, 2.24) is 9.97 Å². The van der Waals surface area contributed by atoms with Crippen LogP contribution < -0.4 is 0 Å². The number of nitrogens with zero attached hydrogens (tertiary/aromatic N) is 1. The molecule has 1 aromatic carbocycles. The van der Waals surface area contributed by atoms with Gasteiger partial charge >= 0.3 is 0 Å². The highest BCUT2D eigenvalue weighted by molar-refractivity contribution is 5.80. The molecule has 3 aromatic rings. The van der Waals surface area contributed by atoms with Crippen LogP contribution in [-0.4, -0.2) is 9.97 Å². The molecule has 2 heterocycles. The van der Waals surface area contributed by atoms with E-state index in [2.05, 4.69) is 9.97 Å². The number of fused-ring (bicyclic) bond motifs is 1. The summed E-state index contributed by atoms with van der Waals surface area (Å²) in [5, 5.41) is 0. The van der Waals surface area contributed by atoms with Crippen molar-refractivity contribution < 1.29 is 4.39 Å². The Labute approximate surface area is 91.8 Å². The molecule has 1 N–H and O–H groups in total. The fourth-order valence-corrected chi connectivity index (χ4v) is 1.73. The van der Waals surface area contributed by atoms with Crippen LogP contribution in [-0.2, 0) is 0 Å². The predicted molar refractivity (Wildman–Crippen MR) is 61.5 cm³/mol. The summed E-state index contributed by atoms with van der Waals surface area (Å²) < 4.78 is 12.8. The van der Waals surface area contributed by atoms with Gasteiger partial charge < -0.3 is 4.98 Å². The molecule has 0 spiro atoms. The highest BCUT2D eigenvalue weighted by atomic mass is 19.1. The van der Waals surface area contributed by atoms with Gasteiger partial charge in [-0.05, 0) is 29.8 Å². The number of benzene rings is 1. The molecule has 3 rings (SSSR count). The Morgan fingerprint density at radius 2 is 1.81 bits per heavy atom. The maximum Gasteiger partial charge on any atom is 0.123 e. The molecule has 0 aliphatic rings. The van der Waals surface area contributed by atoms with E-state index in [9.17, 15) is 4.39 Å². The van der Waals surface area contributed by atoms with E-state index in [1.54, 1.807) is 18.3 Å². The van der Waals surface area contributed by atoms with Gasteiger partial charge in [0.15, 0.2) is 0 Å². The Bertz CT molecular complexity index is 626. The van der Waals surface area contributed by atoms with Crippen LogP contribution in [0.2, 0.25) is 0 Å². The van der Waals surface area contributed by atoms with Gasteiger partial charge in [-0.2, -0.15) is 0 Å². The fraction of sp³-hybridized carbons (Fsp3) is 0. The lowest BCUT2D eigenvalue weighted by Gasteiger charge is -2.01. The zero-order chi connectivity index (χ0) is 11.0. The van der Waals surface area contributed by atoms with Crippen molar-refractivity contribution in [2.75, 3.05) is 0 Å². The van der Waals surface area contributed by atoms with Gasteiger partial charge in [0.2, 0.25) is 0 Å². The molecular weight excluding hydrogens is 203 g/mol. The Morgan fingerprint density at radius 1 is 1.00 bits per heavy atom. The predicted octanol–water partition coefficient (Wildman–Crippen LogP) is 3.37. The summed E-state index contributed by atoms with van der Waals surface area (Å²) in [6.07, 6.45) is 3.65. The second-order valence-corrected chi connectivity index (χ2v) is 3.64. The van der Waals surface area contributed by atoms with Crippen LogP contribution in [0.25, 0.3) is 22.2 Å². The van der Waals surface area contributed by atoms with Crippen LogP contribution in [0, 0.1) is 5.82 Å². The molecule has 0 radical (unpaired) electrons. The average molecular weight is 212 g/mol. The van der Waals surface area contributed by atoms with Gasteiger partial charge in [-0.1, -0.05) is 12.1 Å². The molecule has 78 valence electrons. The Hall–Kier alpha value is -2.16. The molecular formula is C13H9FN2. The van der Waals surface area contributed by atoms with E-state index in [1.165, 1.54) is 12.1 Å². The van der Waals surface area contributed by atoms with E-state index < -0.39 is 0 Å². The van der Waals surface area contributed by atoms with Crippen molar-refractivity contribution in [3.63, 3.8) is 0 Å². The molecule has 0 saturated heterocycles. The van der Waals surface area contributed by atoms with E-state index in [-0.39, 0.29) is 5.82 Å². The van der Waals surface area contributed by atoms with E-state index in [0.29, 0.717) is 0 Å². The van der Waals surface area contributed by atoms with Crippen molar-refractivity contribution >= 4 is 11.0 Å². The van der Waals surface area contributed by atoms with Crippen molar-refractivity contribution in [1.29, 1.82) is 0 Å². The van der Waals surface area contributed by atoms with Crippen molar-refractivity contribution in [3.8, 4) is 11.1 Å². The minimum atomic E-state index is -0.224. The highest BCUT2D eigenvalue weighted by Gasteiger charge is 2.01. The first kappa shape index (κ1) is 9.09. The zero-order valence-corrected chi connectivity index (χ0v) is 8.44. The standard InChI is InChI=1S/C13H9FN2/c14-11-3-1-9(2-4-11)10-7-13-12(16-8-10)5-6-15-13/h1-8,15H. The smallest absolute Gasteiger partial charge is 0.123 e. The summed E-state index contributed by atoms with van der Waals surface area (Å²) in [7, 11) is 0. The van der Waals surface area contributed by atoms with E-state index in [4.69, 9.17) is 0 Å². The molecule has 0 unspecified atom stereocenters. The number of halogens is 1. The minimum Gasteiger partial charge on any atom is -0.360 e. The zero-order valence-electron chi connectivity index (χ0n) is 8.44. The van der Waals surface area contributed by atoms with Crippen LogP contribution in [0.1, 0.15) is 0 Å². The maximum atomic E-state index is 12.8. The van der Waals surface area contributed by atoms with Gasteiger partial charge in [0.1, 0.15) is 5.82 Å². The molecule has 16 heavy (non-hydrogen) atoms. The molecule has 0 fully saturated rings. The molecule has 0 atom stereocenters. The van der Waals surface area contributed by atoms with Gasteiger partial charge in [0.05, 0.1) is 11.0 Å². The fourth-order valence-electron chi connectivity index (χ4n) is 1.73. The number of aromatic nitrogens is 2. The molecule has 2 nitrogen and oxygen atoms in total. The number of pyridine rings is 1. The monoisotopic (exact) mass is 212 g/mol. The summed E-state index contributed by atoms with van der Waals surface area (Å²) in [6, 6.07) is 10.3. The molecule has 0 aliphatic heterocycles. The van der Waals surface area contributed by atoms with Gasteiger partial charge in [-0.15, -0.1) is 0 Å². The van der Waals surface area contributed by atoms with E-state index in [1.807, 2.05) is 18.3 Å². The van der Waals surface area contributed by atoms with Gasteiger partial charge in [-0.3, -0.25) is 4.98 Å². The topological polar surface area (TPSA) is 28.7 Å². The van der Waals surface area contributed by atoms with Crippen LogP contribution in [0.4, 0.5) is 4.39 Å². The quantitative estimate of drug-likeness (QED) is 0.658. The Morgan fingerprint density at radius 3 is 2.62 bits per heavy atom. The number of H-pyrrole nitrogens is 1. The van der Waals surface area contributed by atoms with Crippen LogP contribution in [0.3, 0.4) is 0 Å². The third-order valence-electron chi connectivity index (χ3n) is 2.58. The molecule has 2 aromatic heterocycles. The lowest BCUT2D eigenvalue weighted by molar-refractivity contribution is 0.628. The first-order valence-corrected chi connectivity index (χ1v) is 5.02. The van der Waals surface area contributed by atoms with E-state index in [0.717, 1.165) is 22.2 Å². The van der Waals surface area contributed by atoms with Crippen molar-refractivity contribution in [3.05, 3.63) is 54.6 Å². The SMILES string of the molecule is Fc1ccc(-c2cnc3cc[nH]c3c2)cc1. The van der Waals surface area contributed by atoms with Gasteiger partial charge in [-0.25, -0.2) is 4.39 Å². The normalized spacial score (nSPS) is 10.8. The first-order chi connectivity index (χ1) is 7.83. The number of aromatic amines is 1. The number of hydrogen-bond donors (Lipinski definition) is 1. The number of nitrogens with one attached hydrogen (secondary N) is 1. The lowest BCUT2D eigenvalue weighted by atomic mass is 10.1. The van der Waals surface area contributed by atoms with Crippen molar-refractivity contribution in [2.45, 2.75) is 0 Å². The molecule has 0 aliphatic carbocycles. The lowest BCUT2D eigenvalue weighted by Crippen LogP contribution is -1.82. The second kappa shape index (κ2) is 3.45. The molecule has 0 amide bonds. The second-order valence-electron chi connectivity index (χ2n) is 3.64. The molecule has 3 heteroatoms. The van der Waals surface area contributed by atoms with Crippen LogP contribution in [0.15, 0.2) is 48.8 Å². The maximum absolute atomic E-state index is 12.8. The highest BCUT2D eigenvalue weighted by Crippen LogP contribution is 2.21. The Kier molecular flexibility index (Phi) is 1.96. The largest absolute Gasteiger partial charge is 0.360 e. The van der Waals surface area contributed by atoms with Gasteiger partial charge in [0.25, 0.3) is 0 Å². The molecule has 0 saturated carbocycles. The summed E-state index contributed by atoms with van der Waals surface area (Å²) in [5.41, 5.74) is 3.87. The first-order valence-electron chi connectivity index (χ1n) is 5.02. The third kappa shape index (κ3) is 1.46. The van der Waals surface area contributed by atoms with Crippen molar-refractivity contribution in [2.24, 2.45) is 0 Å². The van der Waals surface area contributed by atoms with E-state index >= 15 is 0 Å². The summed E-state index contributed by atoms with van der Waals surface area (Å²) >= 11 is 0. The third-order valence-corrected chi connectivity index (χ3v) is 2.58. The van der Waals surface area contributed by atoms with Crippen LogP contribution in [0.5, 0.6) is 0 Å². The molecule has 0 bridgehead atoms. The summed E-state index contributed by atoms with van der Waals surface area (Å²) in [6.45, 7) is 0. The van der Waals surface area contributed by atoms with Gasteiger partial charge in [0, 0.05) is 18.0 Å². The van der Waals surface area contributed by atoms with Crippen LogP contribution >= 0.6 is 0 Å². The summed E-state index contributed by atoms with van der Waals surface area (Å²) in [5.74, 6) is -0.224.